The molecule has 0 bridgehead atoms. The molecule has 1 aromatic carbocycles. The fraction of sp³-hybridized carbons (Fsp3) is 0.500. The van der Waals surface area contributed by atoms with Gasteiger partial charge in [-0.05, 0) is 12.1 Å². The van der Waals surface area contributed by atoms with Crippen LogP contribution in [0.15, 0.2) is 23.1 Å². The van der Waals surface area contributed by atoms with Crippen molar-refractivity contribution in [2.45, 2.75) is 16.3 Å². The highest BCUT2D eigenvalue weighted by atomic mass is 35.5. The number of benzene rings is 1. The Kier molecular flexibility index (Phi) is 4.90. The number of nitrogens with one attached hydrogen (secondary N) is 1. The predicted molar refractivity (Wildman–Crippen MR) is 82.0 cm³/mol. The van der Waals surface area contributed by atoms with E-state index in [2.05, 4.69) is 4.72 Å². The van der Waals surface area contributed by atoms with Gasteiger partial charge in [-0.15, -0.1) is 11.6 Å². The van der Waals surface area contributed by atoms with Crippen LogP contribution in [0.1, 0.15) is 0 Å². The van der Waals surface area contributed by atoms with E-state index in [4.69, 9.17) is 21.1 Å². The van der Waals surface area contributed by atoms with Crippen molar-refractivity contribution in [2.75, 3.05) is 25.7 Å². The summed E-state index contributed by atoms with van der Waals surface area (Å²) in [5, 5.41) is -0.802. The highest BCUT2D eigenvalue weighted by Crippen LogP contribution is 2.29. The van der Waals surface area contributed by atoms with Crippen LogP contribution in [0.5, 0.6) is 11.5 Å². The first-order valence-electron chi connectivity index (χ1n) is 6.27. The van der Waals surface area contributed by atoms with Gasteiger partial charge < -0.3 is 9.47 Å². The fourth-order valence-electron chi connectivity index (χ4n) is 2.17. The van der Waals surface area contributed by atoms with Crippen molar-refractivity contribution < 1.29 is 26.3 Å². The molecule has 2 atom stereocenters. The molecule has 1 aromatic rings. The summed E-state index contributed by atoms with van der Waals surface area (Å²) >= 11 is 5.92. The van der Waals surface area contributed by atoms with Crippen LogP contribution in [0.2, 0.25) is 0 Å². The van der Waals surface area contributed by atoms with Crippen molar-refractivity contribution in [3.63, 3.8) is 0 Å². The lowest BCUT2D eigenvalue weighted by Gasteiger charge is -2.16. The molecule has 0 aromatic heterocycles. The second-order valence-corrected chi connectivity index (χ2v) is 9.23. The number of hydrogen-bond acceptors (Lipinski definition) is 6. The predicted octanol–water partition coefficient (Wildman–Crippen LogP) is 0.387. The Morgan fingerprint density at radius 2 is 1.91 bits per heavy atom. The van der Waals surface area contributed by atoms with Gasteiger partial charge in [0.05, 0.1) is 37.1 Å². The van der Waals surface area contributed by atoms with E-state index in [-0.39, 0.29) is 22.2 Å². The minimum Gasteiger partial charge on any atom is -0.497 e. The van der Waals surface area contributed by atoms with Crippen LogP contribution in [-0.2, 0) is 19.9 Å². The van der Waals surface area contributed by atoms with E-state index < -0.39 is 31.3 Å². The van der Waals surface area contributed by atoms with E-state index in [9.17, 15) is 16.8 Å². The zero-order valence-corrected chi connectivity index (χ0v) is 14.3. The van der Waals surface area contributed by atoms with Crippen molar-refractivity contribution in [3.8, 4) is 11.5 Å². The van der Waals surface area contributed by atoms with Crippen LogP contribution in [-0.4, -0.2) is 54.0 Å². The van der Waals surface area contributed by atoms with E-state index in [0.29, 0.717) is 5.75 Å². The Hall–Kier alpha value is -1.03. The first-order chi connectivity index (χ1) is 10.2. The highest BCUT2D eigenvalue weighted by Gasteiger charge is 2.39. The number of sulfonamides is 1. The third-order valence-electron chi connectivity index (χ3n) is 3.25. The monoisotopic (exact) mass is 369 g/mol. The van der Waals surface area contributed by atoms with E-state index in [0.717, 1.165) is 0 Å². The average molecular weight is 370 g/mol. The largest absolute Gasteiger partial charge is 0.497 e. The molecule has 0 saturated carbocycles. The van der Waals surface area contributed by atoms with Crippen LogP contribution in [0.4, 0.5) is 0 Å². The molecule has 1 saturated heterocycles. The Morgan fingerprint density at radius 3 is 2.41 bits per heavy atom. The molecule has 2 rings (SSSR count). The molecule has 1 aliphatic rings. The molecule has 0 unspecified atom stereocenters. The third-order valence-corrected chi connectivity index (χ3v) is 7.15. The summed E-state index contributed by atoms with van der Waals surface area (Å²) in [5.74, 6) is -0.0336. The number of methoxy groups -OCH3 is 2. The summed E-state index contributed by atoms with van der Waals surface area (Å²) in [7, 11) is -4.53. The van der Waals surface area contributed by atoms with Crippen LogP contribution >= 0.6 is 11.6 Å². The van der Waals surface area contributed by atoms with Gasteiger partial charge in [-0.25, -0.2) is 21.6 Å². The van der Waals surface area contributed by atoms with Gasteiger partial charge in [0.2, 0.25) is 10.0 Å². The first-order valence-corrected chi connectivity index (χ1v) is 10.0. The molecule has 1 fully saturated rings. The average Bonchev–Trinajstić information content (AvgIpc) is 2.69. The Labute approximate surface area is 134 Å². The van der Waals surface area contributed by atoms with Crippen molar-refractivity contribution >= 4 is 31.5 Å². The minimum absolute atomic E-state index is 0.0961. The normalized spacial score (nSPS) is 24.1. The summed E-state index contributed by atoms with van der Waals surface area (Å²) in [6.07, 6.45) is 0. The number of sulfone groups is 1. The molecular weight excluding hydrogens is 354 g/mol. The van der Waals surface area contributed by atoms with Gasteiger partial charge in [-0.3, -0.25) is 0 Å². The van der Waals surface area contributed by atoms with Gasteiger partial charge in [0.25, 0.3) is 0 Å². The number of hydrogen-bond donors (Lipinski definition) is 1. The second-order valence-electron chi connectivity index (χ2n) is 4.84. The van der Waals surface area contributed by atoms with E-state index in [1.165, 1.54) is 32.4 Å². The quantitative estimate of drug-likeness (QED) is 0.754. The van der Waals surface area contributed by atoms with Crippen LogP contribution in [0, 0.1) is 0 Å². The second kappa shape index (κ2) is 6.23. The standard InChI is InChI=1S/C12H16ClNO6S2/c1-19-8-3-4-12(11(5-8)20-2)22(17,18)14-10-7-21(15,16)6-9(10)13/h3-5,9-10,14H,6-7H2,1-2H3/t9-,10-/m1/s1. The lowest BCUT2D eigenvalue weighted by molar-refractivity contribution is 0.385. The van der Waals surface area contributed by atoms with Gasteiger partial charge in [0.15, 0.2) is 9.84 Å². The van der Waals surface area contributed by atoms with Gasteiger partial charge in [-0.1, -0.05) is 0 Å². The molecule has 10 heteroatoms. The van der Waals surface area contributed by atoms with E-state index >= 15 is 0 Å². The number of alkyl halides is 1. The summed E-state index contributed by atoms with van der Waals surface area (Å²) in [6, 6.07) is 3.36. The van der Waals surface area contributed by atoms with Crippen molar-refractivity contribution in [3.05, 3.63) is 18.2 Å². The Bertz CT molecular complexity index is 762. The molecule has 124 valence electrons. The smallest absolute Gasteiger partial charge is 0.244 e. The maximum Gasteiger partial charge on any atom is 0.244 e. The molecule has 7 nitrogen and oxygen atoms in total. The summed E-state index contributed by atoms with van der Waals surface area (Å²) in [4.78, 5) is -0.107. The topological polar surface area (TPSA) is 98.8 Å². The maximum absolute atomic E-state index is 12.4. The number of halogens is 1. The molecular formula is C12H16ClNO6S2. The first kappa shape index (κ1) is 17.3. The lowest BCUT2D eigenvalue weighted by Crippen LogP contribution is -2.40. The minimum atomic E-state index is -3.97. The molecule has 1 aliphatic heterocycles. The fourth-order valence-corrected chi connectivity index (χ4v) is 6.33. The van der Waals surface area contributed by atoms with Crippen molar-refractivity contribution in [1.82, 2.24) is 4.72 Å². The van der Waals surface area contributed by atoms with Gasteiger partial charge in [0.1, 0.15) is 16.4 Å². The van der Waals surface area contributed by atoms with Crippen LogP contribution in [0.3, 0.4) is 0 Å². The molecule has 1 heterocycles. The summed E-state index contributed by atoms with van der Waals surface area (Å²) in [5.41, 5.74) is 0. The molecule has 0 aliphatic carbocycles. The number of rotatable bonds is 5. The zero-order chi connectivity index (χ0) is 16.5. The van der Waals surface area contributed by atoms with Crippen molar-refractivity contribution in [2.24, 2.45) is 0 Å². The summed E-state index contributed by atoms with van der Waals surface area (Å²) in [6.45, 7) is 0. The lowest BCUT2D eigenvalue weighted by atomic mass is 10.3. The van der Waals surface area contributed by atoms with E-state index in [1.807, 2.05) is 0 Å². The maximum atomic E-state index is 12.4. The van der Waals surface area contributed by atoms with Crippen LogP contribution in [0.25, 0.3) is 0 Å². The highest BCUT2D eigenvalue weighted by molar-refractivity contribution is 7.92. The molecule has 0 spiro atoms. The Balaban J connectivity index is 2.31. The number of ether oxygens (including phenoxy) is 2. The van der Waals surface area contributed by atoms with Gasteiger partial charge in [-0.2, -0.15) is 0 Å². The third kappa shape index (κ3) is 3.65. The SMILES string of the molecule is COc1ccc(S(=O)(=O)N[C@@H]2CS(=O)(=O)C[C@H]2Cl)c(OC)c1. The molecule has 22 heavy (non-hydrogen) atoms. The van der Waals surface area contributed by atoms with Crippen molar-refractivity contribution in [1.29, 1.82) is 0 Å². The summed E-state index contributed by atoms with van der Waals surface area (Å²) < 4.78 is 60.3. The molecule has 1 N–H and O–H groups in total. The van der Waals surface area contributed by atoms with E-state index in [1.54, 1.807) is 0 Å². The zero-order valence-electron chi connectivity index (χ0n) is 11.9. The van der Waals surface area contributed by atoms with Gasteiger partial charge >= 0.3 is 0 Å². The Morgan fingerprint density at radius 1 is 1.23 bits per heavy atom. The molecule has 0 radical (unpaired) electrons. The van der Waals surface area contributed by atoms with Crippen LogP contribution < -0.4 is 14.2 Å². The van der Waals surface area contributed by atoms with Gasteiger partial charge in [0, 0.05) is 6.07 Å². The molecule has 0 amide bonds.